The number of amides is 2. The molecule has 0 aliphatic carbocycles. The average Bonchev–Trinajstić information content (AvgIpc) is 2.74. The van der Waals surface area contributed by atoms with E-state index in [9.17, 15) is 18.0 Å². The minimum Gasteiger partial charge on any atom is -0.354 e. The van der Waals surface area contributed by atoms with Gasteiger partial charge in [0.25, 0.3) is 0 Å². The normalized spacial score (nSPS) is 17.3. The van der Waals surface area contributed by atoms with Gasteiger partial charge >= 0.3 is 0 Å². The lowest BCUT2D eigenvalue weighted by Gasteiger charge is -2.36. The SMILES string of the molecule is CC[C@@H](C)NC(=O)C[C@@H]1c2ccccc2CCN1S(=O)(=O)c1cc(C)ccc1NC(C)=O. The van der Waals surface area contributed by atoms with Crippen LogP contribution in [0.5, 0.6) is 0 Å². The molecule has 1 heterocycles. The van der Waals surface area contributed by atoms with Crippen molar-refractivity contribution in [2.75, 3.05) is 11.9 Å². The first-order chi connectivity index (χ1) is 15.1. The highest BCUT2D eigenvalue weighted by molar-refractivity contribution is 7.89. The van der Waals surface area contributed by atoms with Crippen molar-refractivity contribution in [1.82, 2.24) is 9.62 Å². The van der Waals surface area contributed by atoms with E-state index in [0.717, 1.165) is 23.1 Å². The molecule has 2 amide bonds. The topological polar surface area (TPSA) is 95.6 Å². The molecule has 2 aromatic carbocycles. The van der Waals surface area contributed by atoms with Gasteiger partial charge in [0, 0.05) is 25.9 Å². The summed E-state index contributed by atoms with van der Waals surface area (Å²) in [7, 11) is -3.99. The third-order valence-electron chi connectivity index (χ3n) is 5.80. The Bertz CT molecular complexity index is 1110. The van der Waals surface area contributed by atoms with Gasteiger partial charge in [-0.1, -0.05) is 37.3 Å². The fraction of sp³-hybridized carbons (Fsp3) is 0.417. The number of fused-ring (bicyclic) bond motifs is 1. The van der Waals surface area contributed by atoms with Gasteiger partial charge in [-0.2, -0.15) is 4.31 Å². The minimum atomic E-state index is -3.99. The van der Waals surface area contributed by atoms with Crippen molar-refractivity contribution in [1.29, 1.82) is 0 Å². The molecule has 32 heavy (non-hydrogen) atoms. The highest BCUT2D eigenvalue weighted by Gasteiger charge is 2.38. The number of anilines is 1. The fourth-order valence-corrected chi connectivity index (χ4v) is 5.84. The van der Waals surface area contributed by atoms with E-state index in [4.69, 9.17) is 0 Å². The highest BCUT2D eigenvalue weighted by Crippen LogP contribution is 2.38. The molecule has 0 radical (unpaired) electrons. The molecule has 1 aliphatic rings. The monoisotopic (exact) mass is 457 g/mol. The Morgan fingerprint density at radius 3 is 2.59 bits per heavy atom. The standard InChI is InChI=1S/C24H31N3O4S/c1-5-17(3)25-24(29)15-22-20-9-7-6-8-19(20)12-13-27(22)32(30,31)23-14-16(2)10-11-21(23)26-18(4)28/h6-11,14,17,22H,5,12-13,15H2,1-4H3,(H,25,29)(H,26,28)/t17-,22-/m1/s1. The van der Waals surface area contributed by atoms with Gasteiger partial charge in [-0.05, 0) is 55.5 Å². The molecule has 7 nitrogen and oxygen atoms in total. The second-order valence-electron chi connectivity index (χ2n) is 8.34. The zero-order valence-electron chi connectivity index (χ0n) is 19.0. The van der Waals surface area contributed by atoms with Crippen molar-refractivity contribution in [3.63, 3.8) is 0 Å². The number of hydrogen-bond acceptors (Lipinski definition) is 4. The number of nitrogens with one attached hydrogen (secondary N) is 2. The second-order valence-corrected chi connectivity index (χ2v) is 10.2. The average molecular weight is 458 g/mol. The van der Waals surface area contributed by atoms with Gasteiger partial charge in [0.15, 0.2) is 0 Å². The molecule has 8 heteroatoms. The predicted octanol–water partition coefficient (Wildman–Crippen LogP) is 3.55. The van der Waals surface area contributed by atoms with E-state index in [1.165, 1.54) is 11.2 Å². The van der Waals surface area contributed by atoms with Crippen molar-refractivity contribution in [3.05, 3.63) is 59.2 Å². The molecule has 0 aromatic heterocycles. The molecule has 0 spiro atoms. The summed E-state index contributed by atoms with van der Waals surface area (Å²) in [5.41, 5.74) is 2.90. The lowest BCUT2D eigenvalue weighted by Crippen LogP contribution is -2.43. The second kappa shape index (κ2) is 9.83. The van der Waals surface area contributed by atoms with Gasteiger partial charge in [-0.3, -0.25) is 9.59 Å². The van der Waals surface area contributed by atoms with Crippen LogP contribution in [0.1, 0.15) is 56.3 Å². The molecular weight excluding hydrogens is 426 g/mol. The van der Waals surface area contributed by atoms with Crippen molar-refractivity contribution < 1.29 is 18.0 Å². The van der Waals surface area contributed by atoms with Crippen LogP contribution < -0.4 is 10.6 Å². The van der Waals surface area contributed by atoms with E-state index in [-0.39, 0.29) is 41.4 Å². The molecule has 3 rings (SSSR count). The van der Waals surface area contributed by atoms with Crippen LogP contribution in [0.3, 0.4) is 0 Å². The van der Waals surface area contributed by atoms with Crippen LogP contribution >= 0.6 is 0 Å². The van der Waals surface area contributed by atoms with Crippen molar-refractivity contribution in [3.8, 4) is 0 Å². The molecule has 0 saturated carbocycles. The number of sulfonamides is 1. The van der Waals surface area contributed by atoms with Crippen molar-refractivity contribution in [2.24, 2.45) is 0 Å². The number of aryl methyl sites for hydroxylation is 1. The van der Waals surface area contributed by atoms with E-state index in [1.807, 2.05) is 38.1 Å². The summed E-state index contributed by atoms with van der Waals surface area (Å²) in [5.74, 6) is -0.536. The summed E-state index contributed by atoms with van der Waals surface area (Å²) in [4.78, 5) is 24.5. The summed E-state index contributed by atoms with van der Waals surface area (Å²) in [6.45, 7) is 7.31. The van der Waals surface area contributed by atoms with E-state index in [0.29, 0.717) is 6.42 Å². The Balaban J connectivity index is 2.05. The third kappa shape index (κ3) is 5.19. The Kier molecular flexibility index (Phi) is 7.36. The fourth-order valence-electron chi connectivity index (χ4n) is 4.00. The molecule has 0 bridgehead atoms. The molecule has 0 saturated heterocycles. The molecule has 172 valence electrons. The molecule has 2 atom stereocenters. The number of nitrogens with zero attached hydrogens (tertiary/aromatic N) is 1. The number of hydrogen-bond donors (Lipinski definition) is 2. The molecular formula is C24H31N3O4S. The maximum atomic E-state index is 13.9. The van der Waals surface area contributed by atoms with Crippen LogP contribution in [0.15, 0.2) is 47.4 Å². The van der Waals surface area contributed by atoms with Gasteiger partial charge in [-0.15, -0.1) is 0 Å². The summed E-state index contributed by atoms with van der Waals surface area (Å²) in [6, 6.07) is 12.0. The first-order valence-electron chi connectivity index (χ1n) is 10.9. The third-order valence-corrected chi connectivity index (χ3v) is 7.74. The van der Waals surface area contributed by atoms with Gasteiger partial charge in [0.1, 0.15) is 4.90 Å². The van der Waals surface area contributed by atoms with Crippen molar-refractivity contribution in [2.45, 2.75) is 63.9 Å². The van der Waals surface area contributed by atoms with Gasteiger partial charge < -0.3 is 10.6 Å². The van der Waals surface area contributed by atoms with E-state index < -0.39 is 16.1 Å². The molecule has 1 aliphatic heterocycles. The molecule has 2 N–H and O–H groups in total. The molecule has 2 aromatic rings. The minimum absolute atomic E-state index is 0.00883. The first-order valence-corrected chi connectivity index (χ1v) is 12.3. The predicted molar refractivity (Wildman–Crippen MR) is 125 cm³/mol. The lowest BCUT2D eigenvalue weighted by atomic mass is 9.92. The van der Waals surface area contributed by atoms with E-state index in [2.05, 4.69) is 10.6 Å². The summed E-state index contributed by atoms with van der Waals surface area (Å²) < 4.78 is 29.1. The van der Waals surface area contributed by atoms with Crippen LogP contribution in [0, 0.1) is 6.92 Å². The van der Waals surface area contributed by atoms with Crippen LogP contribution in [-0.4, -0.2) is 37.1 Å². The number of benzene rings is 2. The zero-order chi connectivity index (χ0) is 23.5. The van der Waals surface area contributed by atoms with E-state index >= 15 is 0 Å². The smallest absolute Gasteiger partial charge is 0.245 e. The van der Waals surface area contributed by atoms with Crippen LogP contribution in [0.2, 0.25) is 0 Å². The highest BCUT2D eigenvalue weighted by atomic mass is 32.2. The van der Waals surface area contributed by atoms with Crippen LogP contribution in [-0.2, 0) is 26.0 Å². The number of carbonyl (C=O) groups is 2. The van der Waals surface area contributed by atoms with Gasteiger partial charge in [0.2, 0.25) is 21.8 Å². The quantitative estimate of drug-likeness (QED) is 0.665. The Hall–Kier alpha value is -2.71. The van der Waals surface area contributed by atoms with E-state index in [1.54, 1.807) is 25.1 Å². The van der Waals surface area contributed by atoms with Crippen LogP contribution in [0.25, 0.3) is 0 Å². The first kappa shape index (κ1) is 23.9. The maximum Gasteiger partial charge on any atom is 0.245 e. The maximum absolute atomic E-state index is 13.9. The zero-order valence-corrected chi connectivity index (χ0v) is 19.8. The summed E-state index contributed by atoms with van der Waals surface area (Å²) >= 11 is 0. The van der Waals surface area contributed by atoms with Gasteiger partial charge in [0.05, 0.1) is 11.7 Å². The Morgan fingerprint density at radius 1 is 1.19 bits per heavy atom. The Labute approximate surface area is 190 Å². The molecule has 0 fully saturated rings. The summed E-state index contributed by atoms with van der Waals surface area (Å²) in [6.07, 6.45) is 1.38. The number of carbonyl (C=O) groups excluding carboxylic acids is 2. The van der Waals surface area contributed by atoms with Gasteiger partial charge in [-0.25, -0.2) is 8.42 Å². The summed E-state index contributed by atoms with van der Waals surface area (Å²) in [5, 5.41) is 5.58. The Morgan fingerprint density at radius 2 is 1.91 bits per heavy atom. The number of rotatable bonds is 7. The largest absolute Gasteiger partial charge is 0.354 e. The molecule has 0 unspecified atom stereocenters. The van der Waals surface area contributed by atoms with Crippen LogP contribution in [0.4, 0.5) is 5.69 Å². The lowest BCUT2D eigenvalue weighted by molar-refractivity contribution is -0.122. The van der Waals surface area contributed by atoms with Crippen molar-refractivity contribution >= 4 is 27.5 Å².